The van der Waals surface area contributed by atoms with Gasteiger partial charge in [0.25, 0.3) is 0 Å². The Morgan fingerprint density at radius 2 is 2.17 bits per heavy atom. The number of aryl methyl sites for hydroxylation is 1. The molecule has 0 aliphatic carbocycles. The number of carboxylic acids is 1. The largest absolute Gasteiger partial charge is 0.475 e. The Kier molecular flexibility index (Phi) is 4.14. The van der Waals surface area contributed by atoms with Crippen molar-refractivity contribution in [3.05, 3.63) is 51.9 Å². The fourth-order valence-electron chi connectivity index (χ4n) is 1.54. The second-order valence-corrected chi connectivity index (χ2v) is 5.62. The van der Waals surface area contributed by atoms with E-state index in [0.717, 1.165) is 9.37 Å². The SMILES string of the molecule is Cc1cc(CSc2ccccc2Br)oc1C(=O)O. The third kappa shape index (κ3) is 2.97. The van der Waals surface area contributed by atoms with Gasteiger partial charge in [0, 0.05) is 14.9 Å². The first-order valence-corrected chi connectivity index (χ1v) is 7.05. The molecule has 0 bridgehead atoms. The lowest BCUT2D eigenvalue weighted by molar-refractivity contribution is 0.0659. The van der Waals surface area contributed by atoms with Crippen LogP contribution < -0.4 is 0 Å². The number of carbonyl (C=O) groups is 1. The highest BCUT2D eigenvalue weighted by Gasteiger charge is 2.14. The molecule has 1 N–H and O–H groups in total. The number of hydrogen-bond acceptors (Lipinski definition) is 3. The molecule has 94 valence electrons. The predicted octanol–water partition coefficient (Wildman–Crippen LogP) is 4.34. The third-order valence-corrected chi connectivity index (χ3v) is 4.42. The van der Waals surface area contributed by atoms with Crippen molar-refractivity contribution in [3.63, 3.8) is 0 Å². The number of benzene rings is 1. The van der Waals surface area contributed by atoms with Crippen LogP contribution in [0.1, 0.15) is 21.9 Å². The molecular weight excluding hydrogens is 316 g/mol. The van der Waals surface area contributed by atoms with Crippen molar-refractivity contribution in [2.75, 3.05) is 0 Å². The molecule has 18 heavy (non-hydrogen) atoms. The maximum Gasteiger partial charge on any atom is 0.372 e. The average Bonchev–Trinajstić information content (AvgIpc) is 2.70. The fraction of sp³-hybridized carbons (Fsp3) is 0.154. The van der Waals surface area contributed by atoms with Crippen molar-refractivity contribution in [1.82, 2.24) is 0 Å². The molecule has 0 atom stereocenters. The minimum absolute atomic E-state index is 0.0257. The van der Waals surface area contributed by atoms with Crippen LogP contribution in [0.25, 0.3) is 0 Å². The summed E-state index contributed by atoms with van der Waals surface area (Å²) in [6.45, 7) is 1.74. The smallest absolute Gasteiger partial charge is 0.372 e. The Hall–Kier alpha value is -1.20. The van der Waals surface area contributed by atoms with E-state index in [1.54, 1.807) is 24.8 Å². The molecular formula is C13H11BrO3S. The summed E-state index contributed by atoms with van der Waals surface area (Å²) in [5.74, 6) is 0.282. The van der Waals surface area contributed by atoms with E-state index in [-0.39, 0.29) is 5.76 Å². The highest BCUT2D eigenvalue weighted by Crippen LogP contribution is 2.30. The number of furan rings is 1. The molecule has 2 aromatic rings. The first kappa shape index (κ1) is 13.2. The number of aromatic carboxylic acids is 1. The zero-order chi connectivity index (χ0) is 13.1. The van der Waals surface area contributed by atoms with E-state index in [2.05, 4.69) is 15.9 Å². The quantitative estimate of drug-likeness (QED) is 0.849. The van der Waals surface area contributed by atoms with Crippen LogP contribution in [0, 0.1) is 6.92 Å². The molecule has 0 spiro atoms. The predicted molar refractivity (Wildman–Crippen MR) is 74.1 cm³/mol. The summed E-state index contributed by atoms with van der Waals surface area (Å²) >= 11 is 5.07. The van der Waals surface area contributed by atoms with Crippen LogP contribution in [0.2, 0.25) is 0 Å². The first-order valence-electron chi connectivity index (χ1n) is 5.28. The molecule has 0 amide bonds. The van der Waals surface area contributed by atoms with Gasteiger partial charge in [0.15, 0.2) is 0 Å². The summed E-state index contributed by atoms with van der Waals surface area (Å²) in [4.78, 5) is 12.0. The van der Waals surface area contributed by atoms with Crippen LogP contribution in [-0.2, 0) is 5.75 Å². The number of rotatable bonds is 4. The van der Waals surface area contributed by atoms with Crippen LogP contribution in [0.3, 0.4) is 0 Å². The second kappa shape index (κ2) is 5.63. The van der Waals surface area contributed by atoms with Crippen molar-refractivity contribution in [3.8, 4) is 0 Å². The Labute approximate surface area is 117 Å². The van der Waals surface area contributed by atoms with Crippen molar-refractivity contribution in [1.29, 1.82) is 0 Å². The lowest BCUT2D eigenvalue weighted by atomic mass is 10.3. The van der Waals surface area contributed by atoms with Gasteiger partial charge in [-0.1, -0.05) is 12.1 Å². The van der Waals surface area contributed by atoms with Gasteiger partial charge in [-0.25, -0.2) is 4.79 Å². The zero-order valence-electron chi connectivity index (χ0n) is 9.64. The highest BCUT2D eigenvalue weighted by atomic mass is 79.9. The lowest BCUT2D eigenvalue weighted by Crippen LogP contribution is -1.94. The van der Waals surface area contributed by atoms with Crippen molar-refractivity contribution >= 4 is 33.7 Å². The van der Waals surface area contributed by atoms with E-state index in [1.165, 1.54) is 0 Å². The van der Waals surface area contributed by atoms with Gasteiger partial charge in [-0.3, -0.25) is 0 Å². The van der Waals surface area contributed by atoms with E-state index in [9.17, 15) is 4.79 Å². The summed E-state index contributed by atoms with van der Waals surface area (Å²) in [5, 5.41) is 8.90. The number of hydrogen-bond donors (Lipinski definition) is 1. The van der Waals surface area contributed by atoms with Gasteiger partial charge in [-0.05, 0) is 41.1 Å². The summed E-state index contributed by atoms with van der Waals surface area (Å²) in [6, 6.07) is 9.66. The van der Waals surface area contributed by atoms with Crippen LogP contribution in [0.15, 0.2) is 44.1 Å². The molecule has 0 radical (unpaired) electrons. The number of thioether (sulfide) groups is 1. The fourth-order valence-corrected chi connectivity index (χ4v) is 2.99. The van der Waals surface area contributed by atoms with Crippen LogP contribution in [0.5, 0.6) is 0 Å². The second-order valence-electron chi connectivity index (χ2n) is 3.75. The van der Waals surface area contributed by atoms with Crippen LogP contribution >= 0.6 is 27.7 Å². The molecule has 5 heteroatoms. The molecule has 0 saturated heterocycles. The zero-order valence-corrected chi connectivity index (χ0v) is 12.0. The van der Waals surface area contributed by atoms with E-state index < -0.39 is 5.97 Å². The Balaban J connectivity index is 2.09. The molecule has 0 saturated carbocycles. The highest BCUT2D eigenvalue weighted by molar-refractivity contribution is 9.10. The molecule has 0 aliphatic rings. The van der Waals surface area contributed by atoms with Crippen LogP contribution in [-0.4, -0.2) is 11.1 Å². The maximum atomic E-state index is 10.9. The first-order chi connectivity index (χ1) is 8.58. The molecule has 3 nitrogen and oxygen atoms in total. The molecule has 0 fully saturated rings. The van der Waals surface area contributed by atoms with E-state index in [1.807, 2.05) is 24.3 Å². The van der Waals surface area contributed by atoms with Crippen molar-refractivity contribution in [2.24, 2.45) is 0 Å². The number of carboxylic acid groups (broad SMARTS) is 1. The maximum absolute atomic E-state index is 10.9. The minimum atomic E-state index is -1.02. The Morgan fingerprint density at radius 3 is 2.78 bits per heavy atom. The van der Waals surface area contributed by atoms with Crippen LogP contribution in [0.4, 0.5) is 0 Å². The lowest BCUT2D eigenvalue weighted by Gasteiger charge is -2.01. The molecule has 1 heterocycles. The Bertz CT molecular complexity index is 577. The third-order valence-electron chi connectivity index (χ3n) is 2.37. The molecule has 1 aromatic carbocycles. The van der Waals surface area contributed by atoms with Gasteiger partial charge in [0.05, 0.1) is 5.75 Å². The molecule has 2 rings (SSSR count). The van der Waals surface area contributed by atoms with E-state index >= 15 is 0 Å². The van der Waals surface area contributed by atoms with Gasteiger partial charge in [0.2, 0.25) is 5.76 Å². The minimum Gasteiger partial charge on any atom is -0.475 e. The summed E-state index contributed by atoms with van der Waals surface area (Å²) < 4.78 is 6.33. The van der Waals surface area contributed by atoms with Gasteiger partial charge < -0.3 is 9.52 Å². The average molecular weight is 327 g/mol. The van der Waals surface area contributed by atoms with E-state index in [4.69, 9.17) is 9.52 Å². The monoisotopic (exact) mass is 326 g/mol. The topological polar surface area (TPSA) is 50.4 Å². The summed E-state index contributed by atoms with van der Waals surface area (Å²) in [7, 11) is 0. The normalized spacial score (nSPS) is 10.6. The van der Waals surface area contributed by atoms with Crippen molar-refractivity contribution in [2.45, 2.75) is 17.6 Å². The van der Waals surface area contributed by atoms with Crippen molar-refractivity contribution < 1.29 is 14.3 Å². The summed E-state index contributed by atoms with van der Waals surface area (Å²) in [6.07, 6.45) is 0. The van der Waals surface area contributed by atoms with Gasteiger partial charge >= 0.3 is 5.97 Å². The number of halogens is 1. The molecule has 0 aliphatic heterocycles. The molecule has 0 unspecified atom stereocenters. The Morgan fingerprint density at radius 1 is 1.44 bits per heavy atom. The standard InChI is InChI=1S/C13H11BrO3S/c1-8-6-9(17-12(8)13(15)16)7-18-11-5-3-2-4-10(11)14/h2-6H,7H2,1H3,(H,15,16). The van der Waals surface area contributed by atoms with E-state index in [0.29, 0.717) is 17.1 Å². The van der Waals surface area contributed by atoms with Gasteiger partial charge in [-0.2, -0.15) is 0 Å². The molecule has 1 aromatic heterocycles. The van der Waals surface area contributed by atoms with Gasteiger partial charge in [0.1, 0.15) is 5.76 Å². The van der Waals surface area contributed by atoms with Gasteiger partial charge in [-0.15, -0.1) is 11.8 Å². The summed E-state index contributed by atoms with van der Waals surface area (Å²) in [5.41, 5.74) is 0.658.